The van der Waals surface area contributed by atoms with E-state index in [0.29, 0.717) is 5.54 Å². The molecule has 0 aromatic heterocycles. The van der Waals surface area contributed by atoms with E-state index in [1.165, 1.54) is 39.0 Å². The van der Waals surface area contributed by atoms with Gasteiger partial charge in [0.05, 0.1) is 0 Å². The van der Waals surface area contributed by atoms with Gasteiger partial charge in [-0.3, -0.25) is 4.90 Å². The van der Waals surface area contributed by atoms with E-state index in [1.807, 2.05) is 0 Å². The smallest absolute Gasteiger partial charge is 0.0183 e. The van der Waals surface area contributed by atoms with Crippen LogP contribution in [0.1, 0.15) is 19.8 Å². The van der Waals surface area contributed by atoms with E-state index in [2.05, 4.69) is 17.1 Å². The van der Waals surface area contributed by atoms with Gasteiger partial charge in [-0.25, -0.2) is 0 Å². The van der Waals surface area contributed by atoms with Gasteiger partial charge in [-0.2, -0.15) is 0 Å². The lowest BCUT2D eigenvalue weighted by Gasteiger charge is -2.32. The second kappa shape index (κ2) is 4.66. The van der Waals surface area contributed by atoms with Crippen LogP contribution in [0.2, 0.25) is 0 Å². The van der Waals surface area contributed by atoms with Gasteiger partial charge in [0.2, 0.25) is 0 Å². The van der Waals surface area contributed by atoms with Gasteiger partial charge in [-0.05, 0) is 19.8 Å². The zero-order valence-electron chi connectivity index (χ0n) is 7.51. The van der Waals surface area contributed by atoms with Crippen molar-refractivity contribution >= 4 is 24.8 Å². The maximum atomic E-state index is 3.37. The Morgan fingerprint density at radius 3 is 2.00 bits per heavy atom. The molecule has 0 spiro atoms. The van der Waals surface area contributed by atoms with E-state index in [-0.39, 0.29) is 24.8 Å². The topological polar surface area (TPSA) is 15.3 Å². The summed E-state index contributed by atoms with van der Waals surface area (Å²) in [6.07, 6.45) is 2.85. The van der Waals surface area contributed by atoms with Crippen molar-refractivity contribution in [2.45, 2.75) is 25.3 Å². The number of piperazine rings is 1. The number of nitrogens with one attached hydrogen (secondary N) is 1. The van der Waals surface area contributed by atoms with Crippen LogP contribution in [-0.4, -0.2) is 36.6 Å². The average molecular weight is 213 g/mol. The fourth-order valence-electron chi connectivity index (χ4n) is 1.70. The monoisotopic (exact) mass is 212 g/mol. The molecule has 2 fully saturated rings. The quantitative estimate of drug-likeness (QED) is 0.706. The molecule has 0 atom stereocenters. The van der Waals surface area contributed by atoms with Crippen LogP contribution in [0, 0.1) is 0 Å². The van der Waals surface area contributed by atoms with E-state index in [9.17, 15) is 0 Å². The Balaban J connectivity index is 0.000000605. The molecule has 2 nitrogen and oxygen atoms in total. The molecule has 12 heavy (non-hydrogen) atoms. The highest BCUT2D eigenvalue weighted by molar-refractivity contribution is 5.85. The highest BCUT2D eigenvalue weighted by Crippen LogP contribution is 2.40. The number of rotatable bonds is 1. The van der Waals surface area contributed by atoms with E-state index >= 15 is 0 Å². The SMILES string of the molecule is CC1(N2CCNCC2)CC1.Cl.Cl. The lowest BCUT2D eigenvalue weighted by Crippen LogP contribution is -2.48. The summed E-state index contributed by atoms with van der Waals surface area (Å²) in [5, 5.41) is 3.37. The largest absolute Gasteiger partial charge is 0.314 e. The number of nitrogens with zero attached hydrogens (tertiary/aromatic N) is 1. The van der Waals surface area contributed by atoms with Gasteiger partial charge >= 0.3 is 0 Å². The first-order chi connectivity index (χ1) is 4.81. The highest BCUT2D eigenvalue weighted by atomic mass is 35.5. The Morgan fingerprint density at radius 2 is 1.58 bits per heavy atom. The molecule has 0 amide bonds. The van der Waals surface area contributed by atoms with E-state index in [0.717, 1.165) is 0 Å². The molecule has 74 valence electrons. The molecular formula is C8H18Cl2N2. The first-order valence-corrected chi connectivity index (χ1v) is 4.27. The van der Waals surface area contributed by atoms with Crippen molar-refractivity contribution in [2.24, 2.45) is 0 Å². The second-order valence-electron chi connectivity index (χ2n) is 3.73. The molecule has 4 heteroatoms. The van der Waals surface area contributed by atoms with Crippen molar-refractivity contribution in [2.75, 3.05) is 26.2 Å². The summed E-state index contributed by atoms with van der Waals surface area (Å²) in [4.78, 5) is 2.63. The molecule has 0 bridgehead atoms. The summed E-state index contributed by atoms with van der Waals surface area (Å²) < 4.78 is 0. The molecule has 1 N–H and O–H groups in total. The van der Waals surface area contributed by atoms with Crippen LogP contribution in [0.15, 0.2) is 0 Å². The minimum absolute atomic E-state index is 0. The molecule has 2 rings (SSSR count). The molecule has 2 aliphatic rings. The summed E-state index contributed by atoms with van der Waals surface area (Å²) >= 11 is 0. The summed E-state index contributed by atoms with van der Waals surface area (Å²) in [6.45, 7) is 7.29. The molecule has 1 saturated heterocycles. The van der Waals surface area contributed by atoms with Crippen LogP contribution in [-0.2, 0) is 0 Å². The maximum absolute atomic E-state index is 3.37. The van der Waals surface area contributed by atoms with Crippen LogP contribution in [0.4, 0.5) is 0 Å². The minimum Gasteiger partial charge on any atom is -0.314 e. The molecule has 0 aromatic carbocycles. The van der Waals surface area contributed by atoms with E-state index in [1.54, 1.807) is 0 Å². The number of hydrogen-bond donors (Lipinski definition) is 1. The van der Waals surface area contributed by atoms with Crippen molar-refractivity contribution in [1.29, 1.82) is 0 Å². The summed E-state index contributed by atoms with van der Waals surface area (Å²) in [7, 11) is 0. The van der Waals surface area contributed by atoms with Crippen molar-refractivity contribution < 1.29 is 0 Å². The standard InChI is InChI=1S/C8H16N2.2ClH/c1-8(2-3-8)10-6-4-9-5-7-10;;/h9H,2-7H2,1H3;2*1H. The molecular weight excluding hydrogens is 195 g/mol. The molecule has 1 saturated carbocycles. The average Bonchev–Trinajstić information content (AvgIpc) is 2.72. The maximum Gasteiger partial charge on any atom is 0.0183 e. The molecule has 1 aliphatic carbocycles. The first-order valence-electron chi connectivity index (χ1n) is 4.27. The van der Waals surface area contributed by atoms with Gasteiger partial charge in [-0.15, -0.1) is 24.8 Å². The van der Waals surface area contributed by atoms with Gasteiger partial charge in [0.1, 0.15) is 0 Å². The Kier molecular flexibility index (Phi) is 4.85. The minimum atomic E-state index is 0. The third-order valence-corrected chi connectivity index (χ3v) is 2.85. The summed E-state index contributed by atoms with van der Waals surface area (Å²) in [5.74, 6) is 0. The zero-order chi connectivity index (χ0) is 7.03. The normalized spacial score (nSPS) is 26.8. The van der Waals surface area contributed by atoms with Crippen LogP contribution in [0.3, 0.4) is 0 Å². The molecule has 0 aromatic rings. The van der Waals surface area contributed by atoms with Crippen molar-refractivity contribution in [3.05, 3.63) is 0 Å². The van der Waals surface area contributed by atoms with Crippen molar-refractivity contribution in [3.63, 3.8) is 0 Å². The fraction of sp³-hybridized carbons (Fsp3) is 1.00. The van der Waals surface area contributed by atoms with E-state index in [4.69, 9.17) is 0 Å². The van der Waals surface area contributed by atoms with Crippen LogP contribution in [0.25, 0.3) is 0 Å². The molecule has 1 aliphatic heterocycles. The Morgan fingerprint density at radius 1 is 1.08 bits per heavy atom. The fourth-order valence-corrected chi connectivity index (χ4v) is 1.70. The molecule has 0 radical (unpaired) electrons. The summed E-state index contributed by atoms with van der Waals surface area (Å²) in [6, 6.07) is 0. The Hall–Kier alpha value is 0.500. The Labute approximate surface area is 86.9 Å². The van der Waals surface area contributed by atoms with Crippen LogP contribution in [0.5, 0.6) is 0 Å². The van der Waals surface area contributed by atoms with Crippen molar-refractivity contribution in [3.8, 4) is 0 Å². The predicted molar refractivity (Wildman–Crippen MR) is 56.6 cm³/mol. The van der Waals surface area contributed by atoms with Gasteiger partial charge in [-0.1, -0.05) is 0 Å². The van der Waals surface area contributed by atoms with Gasteiger partial charge < -0.3 is 5.32 Å². The van der Waals surface area contributed by atoms with Crippen molar-refractivity contribution in [1.82, 2.24) is 10.2 Å². The van der Waals surface area contributed by atoms with Gasteiger partial charge in [0, 0.05) is 31.7 Å². The van der Waals surface area contributed by atoms with Gasteiger partial charge in [0.15, 0.2) is 0 Å². The van der Waals surface area contributed by atoms with E-state index < -0.39 is 0 Å². The lowest BCUT2D eigenvalue weighted by atomic mass is 10.2. The third-order valence-electron chi connectivity index (χ3n) is 2.85. The van der Waals surface area contributed by atoms with Crippen LogP contribution >= 0.6 is 24.8 Å². The van der Waals surface area contributed by atoms with Gasteiger partial charge in [0.25, 0.3) is 0 Å². The van der Waals surface area contributed by atoms with Crippen LogP contribution < -0.4 is 5.32 Å². The summed E-state index contributed by atoms with van der Waals surface area (Å²) in [5.41, 5.74) is 0.613. The second-order valence-corrected chi connectivity index (χ2v) is 3.73. The third kappa shape index (κ3) is 2.49. The molecule has 0 unspecified atom stereocenters. The first kappa shape index (κ1) is 12.5. The Bertz CT molecular complexity index is 131. The zero-order valence-corrected chi connectivity index (χ0v) is 9.14. The predicted octanol–water partition coefficient (Wildman–Crippen LogP) is 1.29. The number of halogens is 2. The molecule has 1 heterocycles. The number of hydrogen-bond acceptors (Lipinski definition) is 2. The lowest BCUT2D eigenvalue weighted by molar-refractivity contribution is 0.168. The highest BCUT2D eigenvalue weighted by Gasteiger charge is 2.42.